The number of aryl methyl sites for hydroxylation is 2. The Bertz CT molecular complexity index is 356. The first-order valence-electron chi connectivity index (χ1n) is 6.24. The second-order valence-corrected chi connectivity index (χ2v) is 5.10. The zero-order chi connectivity index (χ0) is 11.5. The topological polar surface area (TPSA) is 38.0 Å². The summed E-state index contributed by atoms with van der Waals surface area (Å²) in [5.74, 6) is 6.65. The summed E-state index contributed by atoms with van der Waals surface area (Å²) in [5, 5.41) is 0. The summed E-state index contributed by atoms with van der Waals surface area (Å²) in [6, 6.07) is 6.92. The Morgan fingerprint density at radius 2 is 2.12 bits per heavy atom. The van der Waals surface area contributed by atoms with E-state index >= 15 is 0 Å². The van der Waals surface area contributed by atoms with Crippen LogP contribution in [0.5, 0.6) is 0 Å². The number of benzene rings is 1. The van der Waals surface area contributed by atoms with Crippen molar-refractivity contribution in [1.29, 1.82) is 0 Å². The van der Waals surface area contributed by atoms with Gasteiger partial charge in [0, 0.05) is 6.04 Å². The largest absolute Gasteiger partial charge is 0.271 e. The van der Waals surface area contributed by atoms with E-state index in [0.717, 1.165) is 12.3 Å². The predicted octanol–water partition coefficient (Wildman–Crippen LogP) is 3.00. The summed E-state index contributed by atoms with van der Waals surface area (Å²) in [5.41, 5.74) is 6.98. The molecule has 0 saturated heterocycles. The molecule has 1 aliphatic rings. The lowest BCUT2D eigenvalue weighted by Gasteiger charge is -2.19. The highest BCUT2D eigenvalue weighted by Crippen LogP contribution is 2.36. The second-order valence-electron chi connectivity index (χ2n) is 5.10. The van der Waals surface area contributed by atoms with Crippen LogP contribution in [0.2, 0.25) is 0 Å². The Kier molecular flexibility index (Phi) is 3.62. The van der Waals surface area contributed by atoms with Gasteiger partial charge in [-0.25, -0.2) is 0 Å². The van der Waals surface area contributed by atoms with Gasteiger partial charge in [-0.3, -0.25) is 11.3 Å². The van der Waals surface area contributed by atoms with Gasteiger partial charge in [0.25, 0.3) is 0 Å². The molecule has 2 rings (SSSR count). The third kappa shape index (κ3) is 2.83. The Hall–Kier alpha value is -0.860. The van der Waals surface area contributed by atoms with Crippen molar-refractivity contribution in [2.24, 2.45) is 11.8 Å². The number of nitrogens with two attached hydrogens (primary N) is 1. The van der Waals surface area contributed by atoms with E-state index in [1.54, 1.807) is 0 Å². The molecule has 1 aromatic carbocycles. The van der Waals surface area contributed by atoms with Gasteiger partial charge in [-0.1, -0.05) is 36.6 Å². The Morgan fingerprint density at radius 1 is 1.38 bits per heavy atom. The van der Waals surface area contributed by atoms with Crippen LogP contribution in [0.15, 0.2) is 18.2 Å². The predicted molar refractivity (Wildman–Crippen MR) is 67.9 cm³/mol. The Morgan fingerprint density at radius 3 is 2.75 bits per heavy atom. The maximum absolute atomic E-state index is 5.68. The molecule has 0 bridgehead atoms. The van der Waals surface area contributed by atoms with Crippen molar-refractivity contribution in [1.82, 2.24) is 5.43 Å². The van der Waals surface area contributed by atoms with Crippen molar-refractivity contribution in [3.63, 3.8) is 0 Å². The van der Waals surface area contributed by atoms with Gasteiger partial charge >= 0.3 is 0 Å². The van der Waals surface area contributed by atoms with E-state index in [9.17, 15) is 0 Å². The van der Waals surface area contributed by atoms with E-state index < -0.39 is 0 Å². The van der Waals surface area contributed by atoms with Gasteiger partial charge in [-0.15, -0.1) is 0 Å². The van der Waals surface area contributed by atoms with Gasteiger partial charge in [-0.2, -0.15) is 0 Å². The number of hydrogen-bond donors (Lipinski definition) is 2. The van der Waals surface area contributed by atoms with Gasteiger partial charge in [0.1, 0.15) is 0 Å². The second kappa shape index (κ2) is 4.98. The lowest BCUT2D eigenvalue weighted by Crippen LogP contribution is -2.28. The van der Waals surface area contributed by atoms with E-state index in [4.69, 9.17) is 5.84 Å². The average molecular weight is 218 g/mol. The van der Waals surface area contributed by atoms with E-state index in [-0.39, 0.29) is 0 Å². The minimum absolute atomic E-state index is 0.320. The van der Waals surface area contributed by atoms with Crippen molar-refractivity contribution in [3.8, 4) is 0 Å². The fourth-order valence-corrected chi connectivity index (χ4v) is 2.27. The number of hydrazine groups is 1. The van der Waals surface area contributed by atoms with Crippen LogP contribution in [-0.2, 0) is 0 Å². The number of nitrogens with one attached hydrogen (secondary N) is 1. The summed E-state index contributed by atoms with van der Waals surface area (Å²) in [4.78, 5) is 0. The molecule has 3 N–H and O–H groups in total. The van der Waals surface area contributed by atoms with Crippen LogP contribution in [-0.4, -0.2) is 0 Å². The molecule has 1 unspecified atom stereocenters. The standard InChI is InChI=1S/C14H22N2/c1-10-3-4-11(2)13(9-10)14(16-15)8-7-12-5-6-12/h3-4,9,12,14,16H,5-8,15H2,1-2H3. The first-order valence-corrected chi connectivity index (χ1v) is 6.24. The highest BCUT2D eigenvalue weighted by molar-refractivity contribution is 5.32. The molecule has 0 radical (unpaired) electrons. The molecule has 0 amide bonds. The zero-order valence-electron chi connectivity index (χ0n) is 10.3. The van der Waals surface area contributed by atoms with E-state index in [1.165, 1.54) is 36.0 Å². The van der Waals surface area contributed by atoms with Crippen LogP contribution < -0.4 is 11.3 Å². The summed E-state index contributed by atoms with van der Waals surface area (Å²) in [6.07, 6.45) is 5.31. The van der Waals surface area contributed by atoms with Gasteiger partial charge in [0.15, 0.2) is 0 Å². The lowest BCUT2D eigenvalue weighted by molar-refractivity contribution is 0.480. The van der Waals surface area contributed by atoms with Crippen molar-refractivity contribution in [2.75, 3.05) is 0 Å². The SMILES string of the molecule is Cc1ccc(C)c(C(CCC2CC2)NN)c1. The number of hydrogen-bond acceptors (Lipinski definition) is 2. The van der Waals surface area contributed by atoms with E-state index in [0.29, 0.717) is 6.04 Å². The van der Waals surface area contributed by atoms with Crippen LogP contribution in [0.25, 0.3) is 0 Å². The van der Waals surface area contributed by atoms with Gasteiger partial charge in [-0.05, 0) is 43.7 Å². The molecule has 0 aliphatic heterocycles. The van der Waals surface area contributed by atoms with Crippen LogP contribution >= 0.6 is 0 Å². The molecule has 1 aromatic rings. The zero-order valence-corrected chi connectivity index (χ0v) is 10.3. The first kappa shape index (κ1) is 11.6. The molecule has 2 heteroatoms. The van der Waals surface area contributed by atoms with Crippen molar-refractivity contribution in [3.05, 3.63) is 34.9 Å². The monoisotopic (exact) mass is 218 g/mol. The quantitative estimate of drug-likeness (QED) is 0.589. The van der Waals surface area contributed by atoms with Crippen molar-refractivity contribution >= 4 is 0 Å². The molecule has 2 nitrogen and oxygen atoms in total. The minimum atomic E-state index is 0.320. The summed E-state index contributed by atoms with van der Waals surface area (Å²) in [7, 11) is 0. The van der Waals surface area contributed by atoms with Crippen LogP contribution in [0.1, 0.15) is 48.4 Å². The molecule has 88 valence electrons. The molecule has 0 heterocycles. The Balaban J connectivity index is 2.07. The molecule has 1 aliphatic carbocycles. The molecule has 0 aromatic heterocycles. The maximum atomic E-state index is 5.68. The van der Waals surface area contributed by atoms with Crippen LogP contribution in [0.4, 0.5) is 0 Å². The van der Waals surface area contributed by atoms with Crippen LogP contribution in [0.3, 0.4) is 0 Å². The van der Waals surface area contributed by atoms with Crippen molar-refractivity contribution < 1.29 is 0 Å². The van der Waals surface area contributed by atoms with Gasteiger partial charge < -0.3 is 0 Å². The molecular weight excluding hydrogens is 196 g/mol. The normalized spacial score (nSPS) is 17.4. The molecule has 1 saturated carbocycles. The average Bonchev–Trinajstić information content (AvgIpc) is 3.07. The third-order valence-corrected chi connectivity index (χ3v) is 3.57. The fraction of sp³-hybridized carbons (Fsp3) is 0.571. The molecule has 1 fully saturated rings. The summed E-state index contributed by atoms with van der Waals surface area (Å²) < 4.78 is 0. The minimum Gasteiger partial charge on any atom is -0.271 e. The lowest BCUT2D eigenvalue weighted by atomic mass is 9.95. The molecule has 1 atom stereocenters. The van der Waals surface area contributed by atoms with Gasteiger partial charge in [0.05, 0.1) is 0 Å². The highest BCUT2D eigenvalue weighted by Gasteiger charge is 2.23. The maximum Gasteiger partial charge on any atom is 0.0462 e. The fourth-order valence-electron chi connectivity index (χ4n) is 2.27. The molecular formula is C14H22N2. The molecule has 0 spiro atoms. The van der Waals surface area contributed by atoms with Crippen LogP contribution in [0, 0.1) is 19.8 Å². The first-order chi connectivity index (χ1) is 7.70. The highest BCUT2D eigenvalue weighted by atomic mass is 15.2. The summed E-state index contributed by atoms with van der Waals surface area (Å²) >= 11 is 0. The number of rotatable bonds is 5. The smallest absolute Gasteiger partial charge is 0.0462 e. The summed E-state index contributed by atoms with van der Waals surface area (Å²) in [6.45, 7) is 4.30. The van der Waals surface area contributed by atoms with E-state index in [2.05, 4.69) is 37.5 Å². The van der Waals surface area contributed by atoms with E-state index in [1.807, 2.05) is 0 Å². The third-order valence-electron chi connectivity index (χ3n) is 3.57. The molecule has 16 heavy (non-hydrogen) atoms. The van der Waals surface area contributed by atoms with Crippen molar-refractivity contribution in [2.45, 2.75) is 45.6 Å². The van der Waals surface area contributed by atoms with Gasteiger partial charge in [0.2, 0.25) is 0 Å². The Labute approximate surface area is 98.2 Å².